The van der Waals surface area contributed by atoms with Crippen LogP contribution in [0.25, 0.3) is 0 Å². The Morgan fingerprint density at radius 3 is 2.16 bits per heavy atom. The number of anilines is 1. The third-order valence-corrected chi connectivity index (χ3v) is 5.27. The van der Waals surface area contributed by atoms with Gasteiger partial charge in [0.25, 0.3) is 15.9 Å². The van der Waals surface area contributed by atoms with Gasteiger partial charge in [-0.2, -0.15) is 13.2 Å². The van der Waals surface area contributed by atoms with Gasteiger partial charge in [-0.3, -0.25) is 14.3 Å². The maximum absolute atomic E-state index is 13.1. The average Bonchev–Trinajstić information content (AvgIpc) is 2.59. The maximum atomic E-state index is 13.1. The number of rotatable bonds is 4. The fourth-order valence-corrected chi connectivity index (χ4v) is 3.51. The quantitative estimate of drug-likeness (QED) is 0.636. The van der Waals surface area contributed by atoms with Crippen LogP contribution in [0.4, 0.5) is 18.9 Å². The molecule has 0 radical (unpaired) electrons. The molecule has 0 aliphatic rings. The van der Waals surface area contributed by atoms with Crippen LogP contribution in [-0.4, -0.2) is 26.6 Å². The normalized spacial score (nSPS) is 11.9. The summed E-state index contributed by atoms with van der Waals surface area (Å²) in [6.45, 7) is 0. The van der Waals surface area contributed by atoms with E-state index in [9.17, 15) is 26.4 Å². The predicted molar refractivity (Wildman–Crippen MR) is 82.7 cm³/mol. The Bertz CT molecular complexity index is 880. The highest BCUT2D eigenvalue weighted by Crippen LogP contribution is 2.35. The molecule has 10 heteroatoms. The molecule has 2 rings (SSSR count). The number of carbonyl (C=O) groups is 1. The molecule has 0 fully saturated rings. The van der Waals surface area contributed by atoms with Crippen LogP contribution in [0.1, 0.15) is 15.9 Å². The van der Waals surface area contributed by atoms with Gasteiger partial charge in [-0.05, 0) is 36.4 Å². The summed E-state index contributed by atoms with van der Waals surface area (Å²) in [5.41, 5.74) is 0.245. The Labute approximate surface area is 141 Å². The zero-order valence-corrected chi connectivity index (χ0v) is 13.6. The molecule has 0 aromatic heterocycles. The highest BCUT2D eigenvalue weighted by Gasteiger charge is 2.38. The van der Waals surface area contributed by atoms with E-state index in [2.05, 4.69) is 0 Å². The van der Waals surface area contributed by atoms with E-state index in [4.69, 9.17) is 5.21 Å². The van der Waals surface area contributed by atoms with Crippen LogP contribution < -0.4 is 9.79 Å². The van der Waals surface area contributed by atoms with Crippen LogP contribution in [0.2, 0.25) is 0 Å². The Kier molecular flexibility index (Phi) is 5.04. The van der Waals surface area contributed by atoms with Crippen LogP contribution in [0.5, 0.6) is 0 Å². The Balaban J connectivity index is 2.45. The van der Waals surface area contributed by atoms with Crippen molar-refractivity contribution in [1.82, 2.24) is 5.48 Å². The lowest BCUT2D eigenvalue weighted by atomic mass is 10.2. The van der Waals surface area contributed by atoms with Gasteiger partial charge in [0.1, 0.15) is 0 Å². The number of benzene rings is 2. The predicted octanol–water partition coefficient (Wildman–Crippen LogP) is 2.65. The number of carbonyl (C=O) groups excluding carboxylic acids is 1. The molecule has 25 heavy (non-hydrogen) atoms. The molecule has 0 heterocycles. The van der Waals surface area contributed by atoms with Crippen molar-refractivity contribution < 1.29 is 31.6 Å². The molecule has 0 saturated heterocycles. The molecule has 0 aliphatic heterocycles. The first-order valence-electron chi connectivity index (χ1n) is 6.78. The van der Waals surface area contributed by atoms with Crippen LogP contribution in [0, 0.1) is 0 Å². The van der Waals surface area contributed by atoms with Gasteiger partial charge < -0.3 is 0 Å². The number of alkyl halides is 3. The van der Waals surface area contributed by atoms with Crippen LogP contribution in [0.3, 0.4) is 0 Å². The zero-order chi connectivity index (χ0) is 18.8. The molecule has 0 unspecified atom stereocenters. The molecule has 2 aromatic rings. The number of nitrogens with zero attached hydrogens (tertiary/aromatic N) is 1. The van der Waals surface area contributed by atoms with E-state index in [0.29, 0.717) is 10.4 Å². The standard InChI is InChI=1S/C15H13F3N2O4S/c1-20(11-8-6-10(7-9-11)14(21)19-22)25(23,24)13-5-3-2-4-12(13)15(16,17)18/h2-9,22H,1H3,(H,19,21). The second-order valence-corrected chi connectivity index (χ2v) is 6.89. The molecular weight excluding hydrogens is 361 g/mol. The number of nitrogens with one attached hydrogen (secondary N) is 1. The second kappa shape index (κ2) is 6.73. The van der Waals surface area contributed by atoms with Gasteiger partial charge in [0.2, 0.25) is 0 Å². The first-order chi connectivity index (χ1) is 11.6. The molecule has 0 spiro atoms. The Morgan fingerprint density at radius 1 is 1.08 bits per heavy atom. The molecule has 134 valence electrons. The fraction of sp³-hybridized carbons (Fsp3) is 0.133. The highest BCUT2D eigenvalue weighted by atomic mass is 32.2. The molecule has 1 amide bonds. The minimum absolute atomic E-state index is 0.0477. The van der Waals surface area contributed by atoms with E-state index in [0.717, 1.165) is 19.2 Å². The number of hydroxylamine groups is 1. The summed E-state index contributed by atoms with van der Waals surface area (Å²) in [5, 5.41) is 8.54. The summed E-state index contributed by atoms with van der Waals surface area (Å²) in [6.07, 6.45) is -4.83. The number of sulfonamides is 1. The van der Waals surface area contributed by atoms with Crippen LogP contribution in [0.15, 0.2) is 53.4 Å². The SMILES string of the molecule is CN(c1ccc(C(=O)NO)cc1)S(=O)(=O)c1ccccc1C(F)(F)F. The molecule has 2 aromatic carbocycles. The van der Waals surface area contributed by atoms with Crippen molar-refractivity contribution in [1.29, 1.82) is 0 Å². The summed E-state index contributed by atoms with van der Waals surface area (Å²) in [4.78, 5) is 10.4. The molecule has 0 bridgehead atoms. The summed E-state index contributed by atoms with van der Waals surface area (Å²) < 4.78 is 65.1. The van der Waals surface area contributed by atoms with Gasteiger partial charge in [0.05, 0.1) is 16.1 Å². The van der Waals surface area contributed by atoms with Crippen molar-refractivity contribution >= 4 is 21.6 Å². The van der Waals surface area contributed by atoms with Crippen molar-refractivity contribution in [3.05, 3.63) is 59.7 Å². The minimum Gasteiger partial charge on any atom is -0.288 e. The summed E-state index contributed by atoms with van der Waals surface area (Å²) in [5.74, 6) is -0.806. The van der Waals surface area contributed by atoms with E-state index in [-0.39, 0.29) is 11.3 Å². The summed E-state index contributed by atoms with van der Waals surface area (Å²) in [7, 11) is -3.38. The third kappa shape index (κ3) is 3.74. The van der Waals surface area contributed by atoms with Crippen molar-refractivity contribution in [3.63, 3.8) is 0 Å². The van der Waals surface area contributed by atoms with E-state index in [1.54, 1.807) is 0 Å². The summed E-state index contributed by atoms with van der Waals surface area (Å²) in [6, 6.07) is 8.79. The summed E-state index contributed by atoms with van der Waals surface area (Å²) >= 11 is 0. The van der Waals surface area contributed by atoms with Crippen molar-refractivity contribution in [2.24, 2.45) is 0 Å². The minimum atomic E-state index is -4.83. The molecule has 0 saturated carbocycles. The molecule has 0 aliphatic carbocycles. The van der Waals surface area contributed by atoms with Crippen molar-refractivity contribution in [2.75, 3.05) is 11.4 Å². The van der Waals surface area contributed by atoms with Gasteiger partial charge in [-0.1, -0.05) is 12.1 Å². The molecular formula is C15H13F3N2O4S. The number of halogens is 3. The van der Waals surface area contributed by atoms with Gasteiger partial charge in [0.15, 0.2) is 0 Å². The first-order valence-corrected chi connectivity index (χ1v) is 8.22. The topological polar surface area (TPSA) is 86.7 Å². The van der Waals surface area contributed by atoms with E-state index >= 15 is 0 Å². The van der Waals surface area contributed by atoms with Crippen molar-refractivity contribution in [2.45, 2.75) is 11.1 Å². The molecule has 0 atom stereocenters. The first kappa shape index (κ1) is 18.7. The monoisotopic (exact) mass is 374 g/mol. The smallest absolute Gasteiger partial charge is 0.288 e. The number of hydrogen-bond acceptors (Lipinski definition) is 4. The fourth-order valence-electron chi connectivity index (χ4n) is 2.10. The maximum Gasteiger partial charge on any atom is 0.417 e. The average molecular weight is 374 g/mol. The molecule has 6 nitrogen and oxygen atoms in total. The van der Waals surface area contributed by atoms with Gasteiger partial charge in [0, 0.05) is 12.6 Å². The van der Waals surface area contributed by atoms with E-state index < -0.39 is 32.6 Å². The van der Waals surface area contributed by atoms with Gasteiger partial charge >= 0.3 is 6.18 Å². The lowest BCUT2D eigenvalue weighted by molar-refractivity contribution is -0.139. The Morgan fingerprint density at radius 2 is 1.64 bits per heavy atom. The third-order valence-electron chi connectivity index (χ3n) is 3.43. The highest BCUT2D eigenvalue weighted by molar-refractivity contribution is 7.92. The van der Waals surface area contributed by atoms with Gasteiger partial charge in [-0.25, -0.2) is 13.9 Å². The lowest BCUT2D eigenvalue weighted by Gasteiger charge is -2.22. The van der Waals surface area contributed by atoms with Crippen LogP contribution in [-0.2, 0) is 16.2 Å². The van der Waals surface area contributed by atoms with Crippen molar-refractivity contribution in [3.8, 4) is 0 Å². The lowest BCUT2D eigenvalue weighted by Crippen LogP contribution is -2.29. The van der Waals surface area contributed by atoms with E-state index in [1.165, 1.54) is 35.8 Å². The molecule has 2 N–H and O–H groups in total. The Hall–Kier alpha value is -2.59. The number of amides is 1. The second-order valence-electron chi connectivity index (χ2n) is 4.95. The van der Waals surface area contributed by atoms with Gasteiger partial charge in [-0.15, -0.1) is 0 Å². The van der Waals surface area contributed by atoms with Crippen LogP contribution >= 0.6 is 0 Å². The zero-order valence-electron chi connectivity index (χ0n) is 12.8. The largest absolute Gasteiger partial charge is 0.417 e. The van der Waals surface area contributed by atoms with E-state index in [1.807, 2.05) is 0 Å². The number of hydrogen-bond donors (Lipinski definition) is 2.